The largest absolute Gasteiger partial charge is 1.00 e. The lowest BCUT2D eigenvalue weighted by atomic mass is 10.4. The minimum absolute atomic E-state index is 0. The Morgan fingerprint density at radius 2 is 2.21 bits per heavy atom. The molecule has 1 aliphatic rings. The number of quaternary nitrogens is 1. The van der Waals surface area contributed by atoms with Crippen molar-refractivity contribution in [2.75, 3.05) is 26.0 Å². The summed E-state index contributed by atoms with van der Waals surface area (Å²) in [7, 11) is -1.82. The summed E-state index contributed by atoms with van der Waals surface area (Å²) in [6, 6.07) is 0. The molecule has 0 amide bonds. The molecule has 14 heavy (non-hydrogen) atoms. The average Bonchev–Trinajstić information content (AvgIpc) is 2.33. The molecular formula is C7H15ClN2O3S. The van der Waals surface area contributed by atoms with E-state index in [4.69, 9.17) is 4.55 Å². The SMILES string of the molecule is CN1C=C[NH+](CCCS(=O)(=O)O)C1.[Cl-]. The van der Waals surface area contributed by atoms with Crippen LogP contribution in [-0.4, -0.2) is 43.9 Å². The normalized spacial score (nSPS) is 21.0. The first-order chi connectivity index (χ1) is 5.97. The van der Waals surface area contributed by atoms with Crippen molar-refractivity contribution in [1.82, 2.24) is 4.90 Å². The Morgan fingerprint density at radius 3 is 2.64 bits per heavy atom. The summed E-state index contributed by atoms with van der Waals surface area (Å²) >= 11 is 0. The van der Waals surface area contributed by atoms with Crippen LogP contribution < -0.4 is 17.3 Å². The minimum atomic E-state index is -3.78. The van der Waals surface area contributed by atoms with Gasteiger partial charge in [0.25, 0.3) is 10.1 Å². The molecule has 0 saturated heterocycles. The van der Waals surface area contributed by atoms with Gasteiger partial charge in [0, 0.05) is 13.5 Å². The van der Waals surface area contributed by atoms with Crippen LogP contribution in [0.4, 0.5) is 0 Å². The van der Waals surface area contributed by atoms with Gasteiger partial charge in [-0.3, -0.25) is 9.45 Å². The molecular weight excluding hydrogens is 228 g/mol. The zero-order chi connectivity index (χ0) is 9.90. The fourth-order valence-electron chi connectivity index (χ4n) is 1.30. The van der Waals surface area contributed by atoms with Crippen molar-refractivity contribution in [3.63, 3.8) is 0 Å². The monoisotopic (exact) mass is 242 g/mol. The van der Waals surface area contributed by atoms with Crippen LogP contribution in [0.5, 0.6) is 0 Å². The highest BCUT2D eigenvalue weighted by molar-refractivity contribution is 7.85. The molecule has 0 spiro atoms. The van der Waals surface area contributed by atoms with Crippen LogP contribution in [0.25, 0.3) is 0 Å². The third-order valence-corrected chi connectivity index (χ3v) is 2.72. The smallest absolute Gasteiger partial charge is 0.265 e. The van der Waals surface area contributed by atoms with Crippen molar-refractivity contribution in [3.8, 4) is 0 Å². The van der Waals surface area contributed by atoms with Crippen molar-refractivity contribution in [3.05, 3.63) is 12.4 Å². The van der Waals surface area contributed by atoms with E-state index in [1.165, 1.54) is 4.90 Å². The van der Waals surface area contributed by atoms with Gasteiger partial charge in [0.15, 0.2) is 6.67 Å². The van der Waals surface area contributed by atoms with Crippen LogP contribution in [0.3, 0.4) is 0 Å². The van der Waals surface area contributed by atoms with Crippen molar-refractivity contribution in [2.24, 2.45) is 0 Å². The van der Waals surface area contributed by atoms with E-state index in [-0.39, 0.29) is 18.2 Å². The quantitative estimate of drug-likeness (QED) is 0.488. The van der Waals surface area contributed by atoms with Crippen LogP contribution in [0.2, 0.25) is 0 Å². The highest BCUT2D eigenvalue weighted by Gasteiger charge is 2.14. The number of halogens is 1. The lowest BCUT2D eigenvalue weighted by Crippen LogP contribution is -3.07. The number of nitrogens with one attached hydrogen (secondary N) is 1. The Morgan fingerprint density at radius 1 is 1.57 bits per heavy atom. The zero-order valence-electron chi connectivity index (χ0n) is 7.98. The molecule has 0 fully saturated rings. The predicted molar refractivity (Wildman–Crippen MR) is 48.6 cm³/mol. The molecule has 84 valence electrons. The van der Waals surface area contributed by atoms with Crippen LogP contribution in [-0.2, 0) is 10.1 Å². The summed E-state index contributed by atoms with van der Waals surface area (Å²) < 4.78 is 29.3. The second-order valence-electron chi connectivity index (χ2n) is 3.28. The number of nitrogens with zero attached hydrogens (tertiary/aromatic N) is 1. The summed E-state index contributed by atoms with van der Waals surface area (Å²) in [5.74, 6) is -0.145. The van der Waals surface area contributed by atoms with E-state index in [9.17, 15) is 8.42 Å². The lowest BCUT2D eigenvalue weighted by molar-refractivity contribution is -0.848. The fraction of sp³-hybridized carbons (Fsp3) is 0.714. The minimum Gasteiger partial charge on any atom is -1.00 e. The van der Waals surface area contributed by atoms with E-state index in [0.717, 1.165) is 13.2 Å². The number of hydrogen-bond donors (Lipinski definition) is 2. The summed E-state index contributed by atoms with van der Waals surface area (Å²) in [5.41, 5.74) is 0. The maximum atomic E-state index is 10.4. The van der Waals surface area contributed by atoms with Crippen LogP contribution in [0.15, 0.2) is 12.4 Å². The highest BCUT2D eigenvalue weighted by Crippen LogP contribution is 1.87. The van der Waals surface area contributed by atoms with Gasteiger partial charge in [0.1, 0.15) is 6.20 Å². The van der Waals surface area contributed by atoms with E-state index in [1.807, 2.05) is 24.3 Å². The molecule has 0 aromatic rings. The zero-order valence-corrected chi connectivity index (χ0v) is 9.55. The maximum absolute atomic E-state index is 10.4. The molecule has 7 heteroatoms. The van der Waals surface area contributed by atoms with Crippen molar-refractivity contribution in [2.45, 2.75) is 6.42 Å². The second kappa shape index (κ2) is 5.55. The Kier molecular flexibility index (Phi) is 5.43. The molecule has 0 bridgehead atoms. The molecule has 1 rings (SSSR count). The van der Waals surface area contributed by atoms with Crippen LogP contribution >= 0.6 is 0 Å². The molecule has 1 aliphatic heterocycles. The second-order valence-corrected chi connectivity index (χ2v) is 4.85. The van der Waals surface area contributed by atoms with Gasteiger partial charge in [0.05, 0.1) is 18.5 Å². The van der Waals surface area contributed by atoms with Crippen molar-refractivity contribution >= 4 is 10.1 Å². The predicted octanol–water partition coefficient (Wildman–Crippen LogP) is -4.47. The van der Waals surface area contributed by atoms with Gasteiger partial charge in [-0.15, -0.1) is 0 Å². The van der Waals surface area contributed by atoms with Gasteiger partial charge < -0.3 is 17.3 Å². The third kappa shape index (κ3) is 5.43. The first-order valence-electron chi connectivity index (χ1n) is 4.16. The number of rotatable bonds is 4. The average molecular weight is 243 g/mol. The van der Waals surface area contributed by atoms with Crippen molar-refractivity contribution < 1.29 is 30.3 Å². The molecule has 0 radical (unpaired) electrons. The summed E-state index contributed by atoms with van der Waals surface area (Å²) in [6.07, 6.45) is 4.44. The topological polar surface area (TPSA) is 62.0 Å². The fourth-order valence-corrected chi connectivity index (χ4v) is 1.81. The van der Waals surface area contributed by atoms with Gasteiger partial charge in [-0.25, -0.2) is 0 Å². The lowest BCUT2D eigenvalue weighted by Gasteiger charge is -2.11. The molecule has 0 aromatic heterocycles. The van der Waals surface area contributed by atoms with E-state index in [2.05, 4.69) is 0 Å². The highest BCUT2D eigenvalue weighted by atomic mass is 35.5. The standard InChI is InChI=1S/C7H14N2O3S.ClH/c1-8-4-5-9(7-8)3-2-6-13(10,11)12;/h4-5H,2-3,6-7H2,1H3,(H,10,11,12);1H. The van der Waals surface area contributed by atoms with Crippen LogP contribution in [0.1, 0.15) is 6.42 Å². The molecule has 1 heterocycles. The summed E-state index contributed by atoms with van der Waals surface area (Å²) in [5, 5.41) is 0. The van der Waals surface area contributed by atoms with E-state index < -0.39 is 10.1 Å². The van der Waals surface area contributed by atoms with E-state index in [0.29, 0.717) is 6.42 Å². The van der Waals surface area contributed by atoms with Crippen molar-refractivity contribution in [1.29, 1.82) is 0 Å². The van der Waals surface area contributed by atoms with Gasteiger partial charge in [0.2, 0.25) is 0 Å². The third-order valence-electron chi connectivity index (χ3n) is 1.92. The Labute approximate surface area is 90.5 Å². The first kappa shape index (κ1) is 13.7. The first-order valence-corrected chi connectivity index (χ1v) is 5.76. The molecule has 2 N–H and O–H groups in total. The molecule has 5 nitrogen and oxygen atoms in total. The van der Waals surface area contributed by atoms with E-state index >= 15 is 0 Å². The molecule has 1 unspecified atom stereocenters. The molecule has 1 atom stereocenters. The summed E-state index contributed by atoms with van der Waals surface area (Å²) in [6.45, 7) is 1.60. The van der Waals surface area contributed by atoms with Gasteiger partial charge in [-0.2, -0.15) is 8.42 Å². The van der Waals surface area contributed by atoms with E-state index in [1.54, 1.807) is 0 Å². The molecule has 0 saturated carbocycles. The van der Waals surface area contributed by atoms with Gasteiger partial charge in [-0.1, -0.05) is 0 Å². The summed E-state index contributed by atoms with van der Waals surface area (Å²) in [4.78, 5) is 3.24. The Hall–Kier alpha value is -0.300. The Bertz CT molecular complexity index is 291. The molecule has 0 aliphatic carbocycles. The maximum Gasteiger partial charge on any atom is 0.265 e. The number of hydrogen-bond acceptors (Lipinski definition) is 3. The van der Waals surface area contributed by atoms with Crippen LogP contribution in [0, 0.1) is 0 Å². The van der Waals surface area contributed by atoms with Gasteiger partial charge >= 0.3 is 0 Å². The Balaban J connectivity index is 0.00000169. The molecule has 0 aromatic carbocycles. The van der Waals surface area contributed by atoms with Gasteiger partial charge in [-0.05, 0) is 0 Å².